The normalized spacial score (nSPS) is 11.1. The maximum absolute atomic E-state index is 5.45. The quantitative estimate of drug-likeness (QED) is 0.556. The first-order valence-electron chi connectivity index (χ1n) is 8.19. The molecule has 4 aromatic rings. The fourth-order valence-corrected chi connectivity index (χ4v) is 2.63. The van der Waals surface area contributed by atoms with Crippen molar-refractivity contribution in [3.05, 3.63) is 48.4 Å². The Kier molecular flexibility index (Phi) is 3.89. The summed E-state index contributed by atoms with van der Waals surface area (Å²) in [4.78, 5) is 4.50. The predicted octanol–water partition coefficient (Wildman–Crippen LogP) is 3.41. The maximum atomic E-state index is 5.45. The summed E-state index contributed by atoms with van der Waals surface area (Å²) >= 11 is 0. The molecule has 0 radical (unpaired) electrons. The molecular weight excluding hydrogens is 318 g/mol. The fourth-order valence-electron chi connectivity index (χ4n) is 2.63. The number of ether oxygens (including phenoxy) is 1. The second kappa shape index (κ2) is 6.35. The van der Waals surface area contributed by atoms with Gasteiger partial charge < -0.3 is 9.26 Å². The third kappa shape index (κ3) is 2.84. The highest BCUT2D eigenvalue weighted by molar-refractivity contribution is 5.61. The van der Waals surface area contributed by atoms with E-state index in [0.29, 0.717) is 18.3 Å². The zero-order valence-corrected chi connectivity index (χ0v) is 14.0. The zero-order valence-electron chi connectivity index (χ0n) is 14.0. The van der Waals surface area contributed by atoms with Gasteiger partial charge in [0.25, 0.3) is 5.89 Å². The van der Waals surface area contributed by atoms with Crippen LogP contribution in [0.3, 0.4) is 0 Å². The van der Waals surface area contributed by atoms with Gasteiger partial charge >= 0.3 is 0 Å². The fraction of sp³-hybridized carbons (Fsp3) is 0.222. The molecule has 126 valence electrons. The lowest BCUT2D eigenvalue weighted by atomic mass is 10.2. The van der Waals surface area contributed by atoms with E-state index < -0.39 is 0 Å². The van der Waals surface area contributed by atoms with Crippen LogP contribution in [0.2, 0.25) is 0 Å². The molecule has 0 aliphatic rings. The molecule has 0 saturated carbocycles. The van der Waals surface area contributed by atoms with E-state index in [1.165, 1.54) is 0 Å². The van der Waals surface area contributed by atoms with Crippen LogP contribution in [-0.2, 0) is 6.42 Å². The number of rotatable bonds is 5. The Balaban J connectivity index is 1.66. The number of pyridine rings is 1. The Bertz CT molecular complexity index is 1000. The summed E-state index contributed by atoms with van der Waals surface area (Å²) in [5, 5.41) is 12.4. The van der Waals surface area contributed by atoms with Crippen LogP contribution in [0.25, 0.3) is 28.5 Å². The highest BCUT2D eigenvalue weighted by Gasteiger charge is 2.12. The second-order valence-corrected chi connectivity index (χ2v) is 5.50. The first kappa shape index (κ1) is 15.3. The SMILES string of the molecule is CCOc1ccc(-c2nc(-c3ccc4nnc(CC)n4c3)no2)cc1. The lowest BCUT2D eigenvalue weighted by Gasteiger charge is -2.02. The number of benzene rings is 1. The molecular formula is C18H17N5O2. The largest absolute Gasteiger partial charge is 0.494 e. The summed E-state index contributed by atoms with van der Waals surface area (Å²) in [5.41, 5.74) is 2.50. The number of hydrogen-bond donors (Lipinski definition) is 0. The van der Waals surface area contributed by atoms with Crippen molar-refractivity contribution in [3.8, 4) is 28.6 Å². The molecule has 1 aromatic carbocycles. The van der Waals surface area contributed by atoms with Gasteiger partial charge in [-0.1, -0.05) is 12.1 Å². The molecule has 0 saturated heterocycles. The van der Waals surface area contributed by atoms with E-state index in [2.05, 4.69) is 20.3 Å². The average molecular weight is 335 g/mol. The molecule has 0 fully saturated rings. The minimum absolute atomic E-state index is 0.470. The van der Waals surface area contributed by atoms with Crippen molar-refractivity contribution in [2.75, 3.05) is 6.61 Å². The smallest absolute Gasteiger partial charge is 0.258 e. The van der Waals surface area contributed by atoms with Gasteiger partial charge in [-0.2, -0.15) is 4.98 Å². The van der Waals surface area contributed by atoms with Crippen molar-refractivity contribution in [1.82, 2.24) is 24.7 Å². The van der Waals surface area contributed by atoms with Gasteiger partial charge in [0.2, 0.25) is 5.82 Å². The molecule has 0 unspecified atom stereocenters. The van der Waals surface area contributed by atoms with Crippen LogP contribution in [0, 0.1) is 0 Å². The van der Waals surface area contributed by atoms with E-state index >= 15 is 0 Å². The van der Waals surface area contributed by atoms with Crippen molar-refractivity contribution in [2.45, 2.75) is 20.3 Å². The molecule has 0 spiro atoms. The Morgan fingerprint density at radius 1 is 1.00 bits per heavy atom. The molecule has 0 atom stereocenters. The minimum Gasteiger partial charge on any atom is -0.494 e. The Morgan fingerprint density at radius 3 is 2.56 bits per heavy atom. The number of aromatic nitrogens is 5. The van der Waals surface area contributed by atoms with Crippen LogP contribution < -0.4 is 4.74 Å². The minimum atomic E-state index is 0.470. The summed E-state index contributed by atoms with van der Waals surface area (Å²) in [6, 6.07) is 11.4. The van der Waals surface area contributed by atoms with Gasteiger partial charge in [-0.3, -0.25) is 4.40 Å². The number of fused-ring (bicyclic) bond motifs is 1. The van der Waals surface area contributed by atoms with Crippen molar-refractivity contribution < 1.29 is 9.26 Å². The molecule has 0 bridgehead atoms. The standard InChI is InChI=1S/C18H17N5O2/c1-3-15-20-21-16-10-7-13(11-23(15)16)17-19-18(25-22-17)12-5-8-14(9-6-12)24-4-2/h5-11H,3-4H2,1-2H3. The molecule has 3 heterocycles. The van der Waals surface area contributed by atoms with E-state index in [1.807, 2.05) is 60.8 Å². The van der Waals surface area contributed by atoms with E-state index in [9.17, 15) is 0 Å². The van der Waals surface area contributed by atoms with Gasteiger partial charge in [-0.25, -0.2) is 0 Å². The van der Waals surface area contributed by atoms with Gasteiger partial charge in [-0.05, 0) is 43.3 Å². The van der Waals surface area contributed by atoms with Crippen molar-refractivity contribution >= 4 is 5.65 Å². The van der Waals surface area contributed by atoms with E-state index in [1.54, 1.807) is 0 Å². The van der Waals surface area contributed by atoms with Crippen LogP contribution in [0.1, 0.15) is 19.7 Å². The predicted molar refractivity (Wildman–Crippen MR) is 92.3 cm³/mol. The molecule has 7 heteroatoms. The van der Waals surface area contributed by atoms with Crippen LogP contribution in [0.4, 0.5) is 0 Å². The third-order valence-electron chi connectivity index (χ3n) is 3.89. The summed E-state index contributed by atoms with van der Waals surface area (Å²) in [6.45, 7) is 4.63. The van der Waals surface area contributed by atoms with Crippen LogP contribution >= 0.6 is 0 Å². The average Bonchev–Trinajstić information content (AvgIpc) is 3.29. The Morgan fingerprint density at radius 2 is 1.80 bits per heavy atom. The number of aryl methyl sites for hydroxylation is 1. The topological polar surface area (TPSA) is 78.3 Å². The Labute approximate surface area is 144 Å². The van der Waals surface area contributed by atoms with Crippen LogP contribution in [0.15, 0.2) is 47.1 Å². The molecule has 25 heavy (non-hydrogen) atoms. The van der Waals surface area contributed by atoms with Crippen molar-refractivity contribution in [1.29, 1.82) is 0 Å². The van der Waals surface area contributed by atoms with Crippen molar-refractivity contribution in [3.63, 3.8) is 0 Å². The molecule has 0 N–H and O–H groups in total. The van der Waals surface area contributed by atoms with Gasteiger partial charge in [0.05, 0.1) is 6.61 Å². The van der Waals surface area contributed by atoms with Crippen LogP contribution in [-0.4, -0.2) is 31.3 Å². The van der Waals surface area contributed by atoms with E-state index in [-0.39, 0.29) is 0 Å². The molecule has 0 amide bonds. The molecule has 0 aliphatic carbocycles. The van der Waals surface area contributed by atoms with Gasteiger partial charge in [0.1, 0.15) is 11.6 Å². The first-order chi connectivity index (χ1) is 12.3. The molecule has 4 rings (SSSR count). The van der Waals surface area contributed by atoms with Gasteiger partial charge in [0.15, 0.2) is 5.65 Å². The van der Waals surface area contributed by atoms with E-state index in [4.69, 9.17) is 9.26 Å². The Hall–Kier alpha value is -3.22. The van der Waals surface area contributed by atoms with Crippen LogP contribution in [0.5, 0.6) is 5.75 Å². The highest BCUT2D eigenvalue weighted by atomic mass is 16.5. The zero-order chi connectivity index (χ0) is 17.2. The summed E-state index contributed by atoms with van der Waals surface area (Å²) in [5.74, 6) is 2.71. The third-order valence-corrected chi connectivity index (χ3v) is 3.89. The monoisotopic (exact) mass is 335 g/mol. The summed E-state index contributed by atoms with van der Waals surface area (Å²) in [7, 11) is 0. The lowest BCUT2D eigenvalue weighted by Crippen LogP contribution is -1.93. The molecule has 0 aliphatic heterocycles. The summed E-state index contributed by atoms with van der Waals surface area (Å²) in [6.07, 6.45) is 2.73. The number of hydrogen-bond acceptors (Lipinski definition) is 6. The van der Waals surface area contributed by atoms with Crippen molar-refractivity contribution in [2.24, 2.45) is 0 Å². The maximum Gasteiger partial charge on any atom is 0.258 e. The second-order valence-electron chi connectivity index (χ2n) is 5.50. The lowest BCUT2D eigenvalue weighted by molar-refractivity contribution is 0.340. The molecule has 3 aromatic heterocycles. The first-order valence-corrected chi connectivity index (χ1v) is 8.19. The number of nitrogens with zero attached hydrogens (tertiary/aromatic N) is 5. The van der Waals surface area contributed by atoms with Gasteiger partial charge in [-0.15, -0.1) is 10.2 Å². The van der Waals surface area contributed by atoms with Gasteiger partial charge in [0, 0.05) is 23.7 Å². The molecule has 7 nitrogen and oxygen atoms in total. The van der Waals surface area contributed by atoms with E-state index in [0.717, 1.165) is 34.8 Å². The highest BCUT2D eigenvalue weighted by Crippen LogP contribution is 2.24. The summed E-state index contributed by atoms with van der Waals surface area (Å²) < 4.78 is 12.8.